The number of aromatic nitrogens is 9. The lowest BCUT2D eigenvalue weighted by molar-refractivity contribution is 0.0592. The van der Waals surface area contributed by atoms with Crippen molar-refractivity contribution < 1.29 is 23.8 Å². The van der Waals surface area contributed by atoms with E-state index in [1.54, 1.807) is 38.1 Å². The van der Waals surface area contributed by atoms with Gasteiger partial charge in [-0.05, 0) is 38.1 Å². The van der Waals surface area contributed by atoms with Crippen molar-refractivity contribution in [3.05, 3.63) is 89.9 Å². The molecule has 0 aliphatic carbocycles. The number of hydrazone groups is 1. The Morgan fingerprint density at radius 3 is 1.86 bits per heavy atom. The molecule has 6 aromatic rings. The first kappa shape index (κ1) is 36.3. The van der Waals surface area contributed by atoms with Gasteiger partial charge in [0.25, 0.3) is 11.9 Å². The largest absolute Gasteiger partial charge is 0.467 e. The summed E-state index contributed by atoms with van der Waals surface area (Å²) >= 11 is 0. The van der Waals surface area contributed by atoms with E-state index in [0.29, 0.717) is 22.8 Å². The number of hydrogen-bond donors (Lipinski definition) is 2. The standard InChI is InChI=1S/C34H31N17O5/c1-18-24(42-44-28-22(30(52)54-3)16-37-48(28)20-12-8-6-9-13-20)26(35)50(46-18)32-39-33(41-34(40-32)56-5)51-27(36)25(19(2)47-51)43-45-29-23(31(53)55-4)17-38-49(29)21-14-10-7-11-15-21/h6-17,24,35H,36H2,1-5H3/b35-26?,44-42+,45-43+. The molecule has 0 saturated heterocycles. The second kappa shape index (κ2) is 15.1. The summed E-state index contributed by atoms with van der Waals surface area (Å²) in [6.45, 7) is 3.29. The zero-order valence-electron chi connectivity index (χ0n) is 30.3. The maximum Gasteiger partial charge on any atom is 0.343 e. The summed E-state index contributed by atoms with van der Waals surface area (Å²) in [7, 11) is 3.85. The molecular formula is C34H31N17O5. The van der Waals surface area contributed by atoms with E-state index >= 15 is 0 Å². The normalized spacial score (nSPS) is 14.2. The molecule has 7 rings (SSSR count). The number of para-hydroxylation sites is 2. The third kappa shape index (κ3) is 6.68. The molecule has 56 heavy (non-hydrogen) atoms. The monoisotopic (exact) mass is 757 g/mol. The van der Waals surface area contributed by atoms with Crippen LogP contribution in [0.25, 0.3) is 17.3 Å². The number of aryl methyl sites for hydroxylation is 1. The zero-order chi connectivity index (χ0) is 39.5. The number of nitrogen functional groups attached to an aromatic ring is 1. The van der Waals surface area contributed by atoms with Gasteiger partial charge in [-0.2, -0.15) is 50.2 Å². The van der Waals surface area contributed by atoms with Gasteiger partial charge in [-0.3, -0.25) is 5.41 Å². The lowest BCUT2D eigenvalue weighted by Gasteiger charge is -2.14. The number of carbonyl (C=O) groups excluding carboxylic acids is 2. The van der Waals surface area contributed by atoms with Gasteiger partial charge in [0.2, 0.25) is 0 Å². The summed E-state index contributed by atoms with van der Waals surface area (Å²) in [4.78, 5) is 38.3. The van der Waals surface area contributed by atoms with E-state index in [1.807, 2.05) is 36.4 Å². The number of anilines is 2. The van der Waals surface area contributed by atoms with Crippen LogP contribution in [-0.4, -0.2) is 95.2 Å². The number of ether oxygens (including phenoxy) is 3. The quantitative estimate of drug-likeness (QED) is 0.135. The molecule has 0 spiro atoms. The maximum atomic E-state index is 12.6. The van der Waals surface area contributed by atoms with Gasteiger partial charge in [0.15, 0.2) is 35.0 Å². The van der Waals surface area contributed by atoms with E-state index in [2.05, 4.69) is 55.8 Å². The van der Waals surface area contributed by atoms with Gasteiger partial charge in [0.1, 0.15) is 11.1 Å². The average Bonchev–Trinajstić information content (AvgIpc) is 3.99. The van der Waals surface area contributed by atoms with Crippen LogP contribution in [0.1, 0.15) is 33.3 Å². The molecule has 1 aliphatic rings. The number of nitrogens with one attached hydrogen (secondary N) is 1. The summed E-state index contributed by atoms with van der Waals surface area (Å²) in [5.74, 6) is -1.55. The third-order valence-corrected chi connectivity index (χ3v) is 8.17. The van der Waals surface area contributed by atoms with E-state index in [4.69, 9.17) is 25.4 Å². The molecule has 0 radical (unpaired) electrons. The molecule has 22 heteroatoms. The predicted molar refractivity (Wildman–Crippen MR) is 198 cm³/mol. The van der Waals surface area contributed by atoms with E-state index < -0.39 is 18.0 Å². The predicted octanol–water partition coefficient (Wildman–Crippen LogP) is 4.64. The van der Waals surface area contributed by atoms with Crippen LogP contribution in [0.3, 0.4) is 0 Å². The molecule has 22 nitrogen and oxygen atoms in total. The van der Waals surface area contributed by atoms with Crippen LogP contribution in [0.15, 0.2) is 98.6 Å². The molecule has 4 aromatic heterocycles. The molecule has 0 bridgehead atoms. The summed E-state index contributed by atoms with van der Waals surface area (Å²) in [5.41, 5.74) is 8.77. The van der Waals surface area contributed by atoms with Crippen molar-refractivity contribution in [2.45, 2.75) is 19.9 Å². The van der Waals surface area contributed by atoms with E-state index in [-0.39, 0.29) is 58.0 Å². The molecule has 1 unspecified atom stereocenters. The van der Waals surface area contributed by atoms with E-state index in [9.17, 15) is 9.59 Å². The highest BCUT2D eigenvalue weighted by atomic mass is 16.5. The first-order valence-electron chi connectivity index (χ1n) is 16.5. The van der Waals surface area contributed by atoms with Crippen LogP contribution in [0.5, 0.6) is 6.01 Å². The van der Waals surface area contributed by atoms with E-state index in [0.717, 1.165) is 5.01 Å². The Bertz CT molecular complexity index is 2560. The highest BCUT2D eigenvalue weighted by molar-refractivity contribution is 6.19. The van der Waals surface area contributed by atoms with Gasteiger partial charge in [-0.1, -0.05) is 36.4 Å². The summed E-state index contributed by atoms with van der Waals surface area (Å²) < 4.78 is 19.3. The second-order valence-electron chi connectivity index (χ2n) is 11.7. The summed E-state index contributed by atoms with van der Waals surface area (Å²) in [5, 5.41) is 45.1. The highest BCUT2D eigenvalue weighted by Crippen LogP contribution is 2.33. The Labute approximate surface area is 316 Å². The number of methoxy groups -OCH3 is 3. The fourth-order valence-corrected chi connectivity index (χ4v) is 5.41. The summed E-state index contributed by atoms with van der Waals surface area (Å²) in [6, 6.07) is 16.9. The third-order valence-electron chi connectivity index (χ3n) is 8.17. The van der Waals surface area contributed by atoms with E-state index in [1.165, 1.54) is 47.8 Å². The smallest absolute Gasteiger partial charge is 0.343 e. The van der Waals surface area contributed by atoms with Crippen molar-refractivity contribution in [2.75, 3.05) is 32.1 Å². The zero-order valence-corrected chi connectivity index (χ0v) is 30.3. The van der Waals surface area contributed by atoms with Gasteiger partial charge in [-0.15, -0.1) is 15.3 Å². The van der Waals surface area contributed by atoms with Gasteiger partial charge in [0.05, 0.1) is 56.5 Å². The Balaban J connectivity index is 1.20. The van der Waals surface area contributed by atoms with Crippen LogP contribution in [0, 0.1) is 12.3 Å². The number of rotatable bonds is 11. The minimum absolute atomic E-state index is 0.0184. The van der Waals surface area contributed by atoms with Crippen LogP contribution >= 0.6 is 0 Å². The molecule has 0 saturated carbocycles. The number of amidine groups is 1. The van der Waals surface area contributed by atoms with Crippen molar-refractivity contribution >= 4 is 52.6 Å². The Kier molecular flexibility index (Phi) is 9.82. The lowest BCUT2D eigenvalue weighted by Crippen LogP contribution is -2.30. The summed E-state index contributed by atoms with van der Waals surface area (Å²) in [6.07, 6.45) is 2.66. The Morgan fingerprint density at radius 1 is 0.750 bits per heavy atom. The average molecular weight is 758 g/mol. The minimum atomic E-state index is -1.01. The number of benzene rings is 2. The molecule has 0 fully saturated rings. The van der Waals surface area contributed by atoms with Crippen LogP contribution in [0.4, 0.5) is 29.1 Å². The van der Waals surface area contributed by atoms with Crippen molar-refractivity contribution in [2.24, 2.45) is 25.6 Å². The molecule has 1 aliphatic heterocycles. The van der Waals surface area contributed by atoms with Gasteiger partial charge < -0.3 is 19.9 Å². The maximum absolute atomic E-state index is 12.6. The molecule has 2 aromatic carbocycles. The van der Waals surface area contributed by atoms with Crippen LogP contribution in [-0.2, 0) is 9.47 Å². The number of esters is 2. The number of hydrogen-bond acceptors (Lipinski definition) is 18. The number of nitrogens with two attached hydrogens (primary N) is 1. The second-order valence-corrected chi connectivity index (χ2v) is 11.7. The van der Waals surface area contributed by atoms with Crippen molar-refractivity contribution in [3.63, 3.8) is 0 Å². The minimum Gasteiger partial charge on any atom is -0.467 e. The fourth-order valence-electron chi connectivity index (χ4n) is 5.41. The lowest BCUT2D eigenvalue weighted by atomic mass is 10.2. The highest BCUT2D eigenvalue weighted by Gasteiger charge is 2.34. The molecule has 1 atom stereocenters. The molecule has 3 N–H and O–H groups in total. The van der Waals surface area contributed by atoms with Gasteiger partial charge in [0, 0.05) is 0 Å². The number of azo groups is 2. The SMILES string of the molecule is COC(=O)c1cnn(-c2ccccc2)c1/N=N/c1c(C)nn(-c2nc(OC)nc(N3N=C(C)C(/N=N/c4c(C(=O)OC)cnn4-c4ccccc4)C3=N)n2)c1N. The topological polar surface area (TPSA) is 269 Å². The Hall–Kier alpha value is -8.04. The number of nitrogens with zero attached hydrogens (tertiary/aromatic N) is 15. The van der Waals surface area contributed by atoms with Crippen molar-refractivity contribution in [1.82, 2.24) is 44.3 Å². The molecule has 282 valence electrons. The van der Waals surface area contributed by atoms with Crippen LogP contribution in [0.2, 0.25) is 0 Å². The molecular weight excluding hydrogens is 726 g/mol. The first-order chi connectivity index (χ1) is 27.1. The van der Waals surface area contributed by atoms with Crippen LogP contribution < -0.4 is 15.5 Å². The number of carbonyl (C=O) groups is 2. The molecule has 5 heterocycles. The van der Waals surface area contributed by atoms with Crippen molar-refractivity contribution in [3.8, 4) is 23.3 Å². The van der Waals surface area contributed by atoms with Gasteiger partial charge >= 0.3 is 17.9 Å². The van der Waals surface area contributed by atoms with Gasteiger partial charge in [-0.25, -0.2) is 19.0 Å². The fraction of sp³-hybridized carbons (Fsp3) is 0.176. The Morgan fingerprint density at radius 2 is 1.30 bits per heavy atom. The van der Waals surface area contributed by atoms with Crippen molar-refractivity contribution in [1.29, 1.82) is 5.41 Å². The first-order valence-corrected chi connectivity index (χ1v) is 16.5. The molecule has 0 amide bonds.